The van der Waals surface area contributed by atoms with Gasteiger partial charge in [-0.1, -0.05) is 12.1 Å². The van der Waals surface area contributed by atoms with Crippen molar-refractivity contribution in [3.63, 3.8) is 0 Å². The second-order valence-electron chi connectivity index (χ2n) is 8.01. The Labute approximate surface area is 174 Å². The van der Waals surface area contributed by atoms with Crippen LogP contribution in [0.1, 0.15) is 28.0 Å². The van der Waals surface area contributed by atoms with E-state index in [-0.39, 0.29) is 5.91 Å². The fourth-order valence-electron chi connectivity index (χ4n) is 3.68. The van der Waals surface area contributed by atoms with Crippen LogP contribution in [0.15, 0.2) is 36.5 Å². The summed E-state index contributed by atoms with van der Waals surface area (Å²) in [6.45, 7) is 9.35. The number of piperazine rings is 1. The van der Waals surface area contributed by atoms with Crippen molar-refractivity contribution in [1.29, 1.82) is 0 Å². The molecule has 1 fully saturated rings. The van der Waals surface area contributed by atoms with Crippen LogP contribution in [0.2, 0.25) is 0 Å². The first-order chi connectivity index (χ1) is 14.0. The van der Waals surface area contributed by atoms with Crippen LogP contribution in [0.25, 0.3) is 0 Å². The molecule has 2 heterocycles. The van der Waals surface area contributed by atoms with Gasteiger partial charge in [-0.15, -0.1) is 0 Å². The number of carbonyl (C=O) groups excluding carboxylic acids is 1. The van der Waals surface area contributed by atoms with Gasteiger partial charge in [-0.2, -0.15) is 0 Å². The second-order valence-corrected chi connectivity index (χ2v) is 8.01. The fraction of sp³-hybridized carbons (Fsp3) is 0.478. The highest BCUT2D eigenvalue weighted by atomic mass is 16.2. The largest absolute Gasteiger partial charge is 0.385 e. The molecule has 0 spiro atoms. The van der Waals surface area contributed by atoms with Gasteiger partial charge in [0.2, 0.25) is 0 Å². The van der Waals surface area contributed by atoms with Crippen molar-refractivity contribution in [2.24, 2.45) is 0 Å². The lowest BCUT2D eigenvalue weighted by atomic mass is 10.1. The number of benzene rings is 1. The maximum absolute atomic E-state index is 12.9. The third-order valence-electron chi connectivity index (χ3n) is 5.57. The number of nitrogens with zero attached hydrogens (tertiary/aromatic N) is 4. The van der Waals surface area contributed by atoms with Gasteiger partial charge in [0.1, 0.15) is 5.69 Å². The molecule has 0 bridgehead atoms. The Hall–Kier alpha value is -2.60. The summed E-state index contributed by atoms with van der Waals surface area (Å²) in [5.74, 6) is 0.0163. The van der Waals surface area contributed by atoms with E-state index in [1.807, 2.05) is 17.0 Å². The van der Waals surface area contributed by atoms with Gasteiger partial charge >= 0.3 is 0 Å². The molecule has 2 aromatic rings. The molecule has 6 nitrogen and oxygen atoms in total. The number of aryl methyl sites for hydroxylation is 1. The number of aromatic nitrogens is 1. The molecule has 1 aromatic carbocycles. The molecule has 1 saturated heterocycles. The second kappa shape index (κ2) is 9.74. The molecule has 0 saturated carbocycles. The van der Waals surface area contributed by atoms with E-state index in [0.717, 1.165) is 38.3 Å². The van der Waals surface area contributed by atoms with Crippen LogP contribution < -0.4 is 10.2 Å². The summed E-state index contributed by atoms with van der Waals surface area (Å²) >= 11 is 0. The summed E-state index contributed by atoms with van der Waals surface area (Å²) in [4.78, 5) is 23.7. The molecular weight excluding hydrogens is 362 g/mol. The third-order valence-corrected chi connectivity index (χ3v) is 5.57. The molecule has 29 heavy (non-hydrogen) atoms. The van der Waals surface area contributed by atoms with E-state index in [0.29, 0.717) is 18.8 Å². The van der Waals surface area contributed by atoms with Crippen LogP contribution >= 0.6 is 0 Å². The molecule has 1 N–H and O–H groups in total. The highest BCUT2D eigenvalue weighted by molar-refractivity contribution is 5.93. The van der Waals surface area contributed by atoms with E-state index >= 15 is 0 Å². The van der Waals surface area contributed by atoms with Gasteiger partial charge in [-0.3, -0.25) is 9.78 Å². The molecule has 0 unspecified atom stereocenters. The van der Waals surface area contributed by atoms with E-state index < -0.39 is 0 Å². The molecule has 1 amide bonds. The molecule has 1 aliphatic rings. The number of anilines is 2. The van der Waals surface area contributed by atoms with Gasteiger partial charge in [0.15, 0.2) is 0 Å². The smallest absolute Gasteiger partial charge is 0.272 e. The van der Waals surface area contributed by atoms with E-state index in [9.17, 15) is 4.79 Å². The summed E-state index contributed by atoms with van der Waals surface area (Å²) in [7, 11) is 4.15. The Bertz CT molecular complexity index is 828. The molecule has 1 aromatic heterocycles. The molecule has 0 radical (unpaired) electrons. The number of hydrogen-bond donors (Lipinski definition) is 1. The zero-order valence-corrected chi connectivity index (χ0v) is 18.1. The Morgan fingerprint density at radius 3 is 2.62 bits per heavy atom. The van der Waals surface area contributed by atoms with Crippen LogP contribution in [0.5, 0.6) is 0 Å². The zero-order chi connectivity index (χ0) is 20.8. The maximum Gasteiger partial charge on any atom is 0.272 e. The van der Waals surface area contributed by atoms with E-state index in [1.54, 1.807) is 6.20 Å². The van der Waals surface area contributed by atoms with Crippen molar-refractivity contribution in [2.75, 3.05) is 63.6 Å². The highest BCUT2D eigenvalue weighted by Crippen LogP contribution is 2.24. The summed E-state index contributed by atoms with van der Waals surface area (Å²) in [6.07, 6.45) is 2.77. The average molecular weight is 396 g/mol. The first-order valence-electron chi connectivity index (χ1n) is 10.4. The minimum absolute atomic E-state index is 0.0163. The topological polar surface area (TPSA) is 51.7 Å². The Morgan fingerprint density at radius 1 is 1.14 bits per heavy atom. The number of amides is 1. The summed E-state index contributed by atoms with van der Waals surface area (Å²) in [6, 6.07) is 10.2. The lowest BCUT2D eigenvalue weighted by molar-refractivity contribution is 0.0741. The Balaban J connectivity index is 1.56. The fourth-order valence-corrected chi connectivity index (χ4v) is 3.68. The Kier molecular flexibility index (Phi) is 7.09. The highest BCUT2D eigenvalue weighted by Gasteiger charge is 2.24. The van der Waals surface area contributed by atoms with Gasteiger partial charge in [-0.05, 0) is 70.2 Å². The molecule has 3 rings (SSSR count). The predicted molar refractivity (Wildman–Crippen MR) is 120 cm³/mol. The minimum Gasteiger partial charge on any atom is -0.385 e. The van der Waals surface area contributed by atoms with E-state index in [2.05, 4.69) is 66.2 Å². The van der Waals surface area contributed by atoms with Gasteiger partial charge in [-0.25, -0.2) is 0 Å². The number of rotatable bonds is 7. The predicted octanol–water partition coefficient (Wildman–Crippen LogP) is 3.02. The van der Waals surface area contributed by atoms with Crippen LogP contribution in [0.3, 0.4) is 0 Å². The molecule has 0 atom stereocenters. The molecule has 156 valence electrons. The summed E-state index contributed by atoms with van der Waals surface area (Å²) in [5.41, 5.74) is 5.38. The van der Waals surface area contributed by atoms with Crippen molar-refractivity contribution in [3.05, 3.63) is 53.3 Å². The molecule has 1 aliphatic heterocycles. The van der Waals surface area contributed by atoms with Crippen molar-refractivity contribution in [3.8, 4) is 0 Å². The van der Waals surface area contributed by atoms with Crippen molar-refractivity contribution >= 4 is 17.3 Å². The van der Waals surface area contributed by atoms with Gasteiger partial charge in [0.25, 0.3) is 5.91 Å². The number of hydrogen-bond acceptors (Lipinski definition) is 5. The number of nitrogens with one attached hydrogen (secondary N) is 1. The number of carbonyl (C=O) groups is 1. The quantitative estimate of drug-likeness (QED) is 0.731. The van der Waals surface area contributed by atoms with Crippen LogP contribution in [0, 0.1) is 13.8 Å². The first kappa shape index (κ1) is 21.1. The summed E-state index contributed by atoms with van der Waals surface area (Å²) in [5, 5.41) is 3.39. The lowest BCUT2D eigenvalue weighted by Crippen LogP contribution is -2.49. The standard InChI is InChI=1S/C23H33N5O/c1-18-7-5-8-22(19(18)2)27-13-15-28(16-14-27)23(29)21-17-20(9-11-25-21)24-10-6-12-26(3)4/h5,7-9,11,17H,6,10,12-16H2,1-4H3,(H,24,25). The van der Waals surface area contributed by atoms with E-state index in [4.69, 9.17) is 0 Å². The minimum atomic E-state index is 0.0163. The first-order valence-corrected chi connectivity index (χ1v) is 10.4. The Morgan fingerprint density at radius 2 is 1.90 bits per heavy atom. The van der Waals surface area contributed by atoms with Gasteiger partial charge in [0, 0.05) is 50.3 Å². The third kappa shape index (κ3) is 5.48. The van der Waals surface area contributed by atoms with Crippen molar-refractivity contribution in [1.82, 2.24) is 14.8 Å². The SMILES string of the molecule is Cc1cccc(N2CCN(C(=O)c3cc(NCCCN(C)C)ccn3)CC2)c1C. The summed E-state index contributed by atoms with van der Waals surface area (Å²) < 4.78 is 0. The van der Waals surface area contributed by atoms with E-state index in [1.165, 1.54) is 16.8 Å². The van der Waals surface area contributed by atoms with Gasteiger partial charge < -0.3 is 20.0 Å². The maximum atomic E-state index is 12.9. The number of pyridine rings is 1. The lowest BCUT2D eigenvalue weighted by Gasteiger charge is -2.37. The zero-order valence-electron chi connectivity index (χ0n) is 18.1. The van der Waals surface area contributed by atoms with Crippen LogP contribution in [-0.2, 0) is 0 Å². The van der Waals surface area contributed by atoms with Crippen LogP contribution in [0.4, 0.5) is 11.4 Å². The molecular formula is C23H33N5O. The average Bonchev–Trinajstić information content (AvgIpc) is 2.73. The normalized spacial score (nSPS) is 14.4. The molecule has 0 aliphatic carbocycles. The monoisotopic (exact) mass is 395 g/mol. The van der Waals surface area contributed by atoms with Crippen molar-refractivity contribution < 1.29 is 4.79 Å². The van der Waals surface area contributed by atoms with Gasteiger partial charge in [0.05, 0.1) is 0 Å². The molecule has 6 heteroatoms. The van der Waals surface area contributed by atoms with Crippen molar-refractivity contribution in [2.45, 2.75) is 20.3 Å². The van der Waals surface area contributed by atoms with Crippen LogP contribution in [-0.4, -0.2) is 74.1 Å².